The lowest BCUT2D eigenvalue weighted by Gasteiger charge is -2.30. The first-order chi connectivity index (χ1) is 14.5. The first-order valence-electron chi connectivity index (χ1n) is 10.2. The smallest absolute Gasteiger partial charge is 0.264 e. The fourth-order valence-corrected chi connectivity index (χ4v) is 5.38. The van der Waals surface area contributed by atoms with E-state index in [0.29, 0.717) is 25.4 Å². The Labute approximate surface area is 189 Å². The quantitative estimate of drug-likeness (QED) is 0.440. The highest BCUT2D eigenvalue weighted by Gasteiger charge is 2.29. The van der Waals surface area contributed by atoms with E-state index in [1.165, 1.54) is 9.21 Å². The van der Waals surface area contributed by atoms with Crippen LogP contribution in [0.2, 0.25) is 0 Å². The van der Waals surface area contributed by atoms with Gasteiger partial charge >= 0.3 is 0 Å². The van der Waals surface area contributed by atoms with Gasteiger partial charge in [0.15, 0.2) is 0 Å². The lowest BCUT2D eigenvalue weighted by atomic mass is 10.1. The van der Waals surface area contributed by atoms with Crippen molar-refractivity contribution in [3.63, 3.8) is 0 Å². The zero-order valence-electron chi connectivity index (χ0n) is 17.2. The van der Waals surface area contributed by atoms with Crippen LogP contribution in [-0.4, -0.2) is 59.0 Å². The van der Waals surface area contributed by atoms with E-state index in [1.807, 2.05) is 36.4 Å². The summed E-state index contributed by atoms with van der Waals surface area (Å²) in [6.07, 6.45) is -0.784. The number of morpholine rings is 1. The molecule has 1 atom stereocenters. The minimum atomic E-state index is -3.84. The van der Waals surface area contributed by atoms with Crippen molar-refractivity contribution in [3.8, 4) is 0 Å². The van der Waals surface area contributed by atoms with Gasteiger partial charge in [0.05, 0.1) is 30.3 Å². The summed E-state index contributed by atoms with van der Waals surface area (Å²) in [6, 6.07) is 21.8. The van der Waals surface area contributed by atoms with Gasteiger partial charge in [-0.15, -0.1) is 0 Å². The van der Waals surface area contributed by atoms with Gasteiger partial charge in [-0.3, -0.25) is 4.31 Å². The summed E-state index contributed by atoms with van der Waals surface area (Å²) in [5.74, 6) is 0. The fraction of sp³-hybridized carbons (Fsp3) is 0.304. The molecule has 1 aliphatic rings. The minimum Gasteiger partial charge on any atom is -1.00 e. The van der Waals surface area contributed by atoms with Crippen LogP contribution in [0.1, 0.15) is 0 Å². The van der Waals surface area contributed by atoms with Gasteiger partial charge in [-0.05, 0) is 35.0 Å². The van der Waals surface area contributed by atoms with Crippen LogP contribution in [-0.2, 0) is 14.8 Å². The van der Waals surface area contributed by atoms with Crippen LogP contribution in [0.3, 0.4) is 0 Å². The van der Waals surface area contributed by atoms with Gasteiger partial charge in [-0.25, -0.2) is 8.42 Å². The van der Waals surface area contributed by atoms with Crippen molar-refractivity contribution in [2.75, 3.05) is 43.7 Å². The predicted octanol–water partition coefficient (Wildman–Crippen LogP) is -1.68. The number of nitrogens with one attached hydrogen (secondary N) is 1. The van der Waals surface area contributed by atoms with Crippen LogP contribution in [0, 0.1) is 0 Å². The topological polar surface area (TPSA) is 71.3 Å². The van der Waals surface area contributed by atoms with E-state index < -0.39 is 16.1 Å². The molecule has 8 heteroatoms. The number of aliphatic hydroxyl groups is 1. The van der Waals surface area contributed by atoms with E-state index in [9.17, 15) is 13.5 Å². The lowest BCUT2D eigenvalue weighted by molar-refractivity contribution is -0.910. The Morgan fingerprint density at radius 2 is 1.58 bits per heavy atom. The number of anilines is 1. The molecule has 6 nitrogen and oxygen atoms in total. The number of fused-ring (bicyclic) bond motifs is 1. The molecular weight excluding hydrogens is 436 g/mol. The zero-order chi connectivity index (χ0) is 21.0. The number of nitrogens with zero attached hydrogens (tertiary/aromatic N) is 1. The van der Waals surface area contributed by atoms with E-state index in [-0.39, 0.29) is 23.8 Å². The molecule has 1 heterocycles. The second-order valence-electron chi connectivity index (χ2n) is 7.60. The first-order valence-corrected chi connectivity index (χ1v) is 11.6. The normalized spacial score (nSPS) is 15.9. The van der Waals surface area contributed by atoms with Gasteiger partial charge in [0.1, 0.15) is 25.7 Å². The molecule has 3 aromatic carbocycles. The van der Waals surface area contributed by atoms with E-state index in [1.54, 1.807) is 36.4 Å². The number of ether oxygens (including phenoxy) is 1. The molecule has 0 aromatic heterocycles. The van der Waals surface area contributed by atoms with Gasteiger partial charge in [0.2, 0.25) is 0 Å². The van der Waals surface area contributed by atoms with Gasteiger partial charge < -0.3 is 27.2 Å². The number of hydrogen-bond donors (Lipinski definition) is 2. The molecule has 0 bridgehead atoms. The molecule has 1 unspecified atom stereocenters. The number of hydrogen-bond acceptors (Lipinski definition) is 4. The van der Waals surface area contributed by atoms with Crippen molar-refractivity contribution < 1.29 is 35.6 Å². The van der Waals surface area contributed by atoms with Gasteiger partial charge in [-0.2, -0.15) is 0 Å². The molecular formula is C23H27ClN2O4S. The third-order valence-electron chi connectivity index (χ3n) is 5.45. The van der Waals surface area contributed by atoms with Crippen molar-refractivity contribution in [2.24, 2.45) is 0 Å². The van der Waals surface area contributed by atoms with E-state index in [4.69, 9.17) is 4.74 Å². The number of aliphatic hydroxyl groups excluding tert-OH is 1. The van der Waals surface area contributed by atoms with Gasteiger partial charge in [0, 0.05) is 0 Å². The molecule has 0 saturated carbocycles. The summed E-state index contributed by atoms with van der Waals surface area (Å²) in [7, 11) is -3.84. The summed E-state index contributed by atoms with van der Waals surface area (Å²) in [5.41, 5.74) is 0.543. The third-order valence-corrected chi connectivity index (χ3v) is 7.24. The molecule has 0 radical (unpaired) electrons. The van der Waals surface area contributed by atoms with Crippen molar-refractivity contribution in [3.05, 3.63) is 72.8 Å². The Morgan fingerprint density at radius 1 is 0.935 bits per heavy atom. The number of rotatable bonds is 7. The Kier molecular flexibility index (Phi) is 7.91. The van der Waals surface area contributed by atoms with E-state index >= 15 is 0 Å². The first kappa shape index (κ1) is 23.5. The van der Waals surface area contributed by atoms with Gasteiger partial charge in [-0.1, -0.05) is 48.5 Å². The molecule has 1 aliphatic heterocycles. The summed E-state index contributed by atoms with van der Waals surface area (Å²) in [5, 5.41) is 12.6. The number of quaternary nitrogens is 1. The Bertz CT molecular complexity index is 1090. The van der Waals surface area contributed by atoms with Crippen molar-refractivity contribution in [1.29, 1.82) is 0 Å². The largest absolute Gasteiger partial charge is 1.00 e. The fourth-order valence-electron chi connectivity index (χ4n) is 3.85. The molecule has 0 amide bonds. The molecule has 31 heavy (non-hydrogen) atoms. The molecule has 0 spiro atoms. The van der Waals surface area contributed by atoms with E-state index in [2.05, 4.69) is 0 Å². The molecule has 3 aromatic rings. The highest BCUT2D eigenvalue weighted by atomic mass is 35.5. The summed E-state index contributed by atoms with van der Waals surface area (Å²) in [6.45, 7) is 3.46. The lowest BCUT2D eigenvalue weighted by Crippen LogP contribution is -3.15. The molecule has 0 aliphatic carbocycles. The molecule has 4 rings (SSSR count). The SMILES string of the molecule is O=S(=O)(c1ccc2ccccc2c1)N(CC(O)C[NH+]1CCOCC1)c1ccccc1.[Cl-]. The molecule has 2 N–H and O–H groups in total. The average molecular weight is 463 g/mol. The number of para-hydroxylation sites is 1. The van der Waals surface area contributed by atoms with Crippen LogP contribution in [0.25, 0.3) is 10.8 Å². The summed E-state index contributed by atoms with van der Waals surface area (Å²) < 4.78 is 33.9. The average Bonchev–Trinajstić information content (AvgIpc) is 2.78. The molecule has 166 valence electrons. The van der Waals surface area contributed by atoms with Crippen LogP contribution in [0.5, 0.6) is 0 Å². The summed E-state index contributed by atoms with van der Waals surface area (Å²) in [4.78, 5) is 1.45. The molecule has 1 fully saturated rings. The van der Waals surface area contributed by atoms with Crippen molar-refractivity contribution in [2.45, 2.75) is 11.0 Å². The number of halogens is 1. The van der Waals surface area contributed by atoms with E-state index in [0.717, 1.165) is 23.9 Å². The van der Waals surface area contributed by atoms with Crippen LogP contribution < -0.4 is 21.6 Å². The highest BCUT2D eigenvalue weighted by molar-refractivity contribution is 7.92. The molecule has 1 saturated heterocycles. The monoisotopic (exact) mass is 462 g/mol. The maximum Gasteiger partial charge on any atom is 0.264 e. The maximum absolute atomic E-state index is 13.6. The predicted molar refractivity (Wildman–Crippen MR) is 117 cm³/mol. The zero-order valence-corrected chi connectivity index (χ0v) is 18.7. The standard InChI is InChI=1S/C23H26N2O4S.ClH/c26-22(17-24-12-14-29-15-13-24)18-25(21-8-2-1-3-9-21)30(27,28)23-11-10-19-6-4-5-7-20(19)16-23;/h1-11,16,22,26H,12-15,17-18H2;1H. The Balaban J connectivity index is 0.00000272. The van der Waals surface area contributed by atoms with Gasteiger partial charge in [0.25, 0.3) is 10.0 Å². The van der Waals surface area contributed by atoms with Crippen molar-refractivity contribution >= 4 is 26.5 Å². The van der Waals surface area contributed by atoms with Crippen LogP contribution >= 0.6 is 0 Å². The second kappa shape index (κ2) is 10.4. The third kappa shape index (κ3) is 5.56. The minimum absolute atomic E-state index is 0. The number of benzene rings is 3. The summed E-state index contributed by atoms with van der Waals surface area (Å²) >= 11 is 0. The van der Waals surface area contributed by atoms with Crippen LogP contribution in [0.15, 0.2) is 77.7 Å². The maximum atomic E-state index is 13.6. The van der Waals surface area contributed by atoms with Crippen molar-refractivity contribution in [1.82, 2.24) is 0 Å². The Hall–Kier alpha value is -2.16. The highest BCUT2D eigenvalue weighted by Crippen LogP contribution is 2.26. The second-order valence-corrected chi connectivity index (χ2v) is 9.46. The Morgan fingerprint density at radius 3 is 2.29 bits per heavy atom. The number of sulfonamides is 1. The van der Waals surface area contributed by atoms with Crippen LogP contribution in [0.4, 0.5) is 5.69 Å².